The van der Waals surface area contributed by atoms with Crippen molar-refractivity contribution in [2.75, 3.05) is 26.4 Å². The number of hydrogen-bond acceptors (Lipinski definition) is 11. The fourth-order valence-electron chi connectivity index (χ4n) is 6.39. The van der Waals surface area contributed by atoms with Crippen LogP contribution in [0.3, 0.4) is 0 Å². The van der Waals surface area contributed by atoms with E-state index in [1.54, 1.807) is 0 Å². The molecule has 0 aromatic heterocycles. The molecule has 1 rings (SSSR count). The Bertz CT molecular complexity index is 1190. The predicted molar refractivity (Wildman–Crippen MR) is 225 cm³/mol. The summed E-state index contributed by atoms with van der Waals surface area (Å²) in [4.78, 5) is 12.8. The van der Waals surface area contributed by atoms with Gasteiger partial charge in [-0.15, -0.1) is 0 Å². The van der Waals surface area contributed by atoms with Gasteiger partial charge in [0.2, 0.25) is 0 Å². The summed E-state index contributed by atoms with van der Waals surface area (Å²) in [6, 6.07) is 0. The lowest BCUT2D eigenvalue weighted by Crippen LogP contribution is -2.60. The monoisotopic (exact) mass is 831 g/mol. The van der Waals surface area contributed by atoms with E-state index in [4.69, 9.17) is 23.5 Å². The number of carbonyl (C=O) groups excluding carboxylic acids is 1. The van der Waals surface area contributed by atoms with Crippen LogP contribution in [-0.2, 0) is 38.3 Å². The van der Waals surface area contributed by atoms with E-state index in [0.717, 1.165) is 89.9 Å². The minimum absolute atomic E-state index is 0.0164. The van der Waals surface area contributed by atoms with E-state index in [-0.39, 0.29) is 19.6 Å². The Kier molecular flexibility index (Phi) is 33.5. The van der Waals surface area contributed by atoms with Crippen LogP contribution in [-0.4, -0.2) is 97.5 Å². The molecule has 12 nitrogen and oxygen atoms in total. The molecule has 1 fully saturated rings. The molecule has 0 bridgehead atoms. The standard InChI is InChI=1S/C44H78O12S/c1-3-5-7-9-11-13-15-17-19-20-21-23-25-27-29-31-33-40(46)54-38(36-52-34-32-30-28-26-24-22-18-16-14-12-10-8-6-4-2)37-53-44-42(48)43(56-57(49,50)51)41(47)39(35-45)55-44/h6,8,12,14,18-20,22,38-39,41-45,47-48H,3-5,7,9-11,13,15-17,21,23-37H2,1-2H3,(H,49,50,51)/b8-6-,14-12-,20-19-,22-18-. The van der Waals surface area contributed by atoms with Gasteiger partial charge in [0.1, 0.15) is 30.5 Å². The minimum atomic E-state index is -5.06. The molecule has 6 unspecified atom stereocenters. The van der Waals surface area contributed by atoms with E-state index >= 15 is 0 Å². The highest BCUT2D eigenvalue weighted by atomic mass is 32.3. The van der Waals surface area contributed by atoms with Gasteiger partial charge in [0.25, 0.3) is 0 Å². The zero-order valence-electron chi connectivity index (χ0n) is 35.1. The van der Waals surface area contributed by atoms with Crippen molar-refractivity contribution in [3.63, 3.8) is 0 Å². The highest BCUT2D eigenvalue weighted by Crippen LogP contribution is 2.26. The molecule has 1 heterocycles. The van der Waals surface area contributed by atoms with E-state index in [1.165, 1.54) is 44.9 Å². The fourth-order valence-corrected chi connectivity index (χ4v) is 6.89. The number of aliphatic hydroxyl groups excluding tert-OH is 3. The van der Waals surface area contributed by atoms with Crippen LogP contribution in [0.25, 0.3) is 0 Å². The van der Waals surface area contributed by atoms with Crippen LogP contribution >= 0.6 is 0 Å². The first kappa shape index (κ1) is 53.1. The van der Waals surface area contributed by atoms with Crippen molar-refractivity contribution < 1.29 is 56.2 Å². The van der Waals surface area contributed by atoms with Gasteiger partial charge in [-0.1, -0.05) is 133 Å². The largest absolute Gasteiger partial charge is 0.457 e. The lowest BCUT2D eigenvalue weighted by molar-refractivity contribution is -0.301. The Labute approximate surface area is 345 Å². The van der Waals surface area contributed by atoms with E-state index < -0.39 is 59.8 Å². The Balaban J connectivity index is 2.47. The molecule has 57 heavy (non-hydrogen) atoms. The molecule has 0 radical (unpaired) electrons. The van der Waals surface area contributed by atoms with Gasteiger partial charge in [-0.2, -0.15) is 8.42 Å². The number of carbonyl (C=O) groups is 1. The molecule has 13 heteroatoms. The summed E-state index contributed by atoms with van der Waals surface area (Å²) in [5, 5.41) is 30.6. The predicted octanol–water partition coefficient (Wildman–Crippen LogP) is 8.80. The minimum Gasteiger partial charge on any atom is -0.457 e. The Morgan fingerprint density at radius 1 is 0.684 bits per heavy atom. The highest BCUT2D eigenvalue weighted by Gasteiger charge is 2.48. The first-order valence-corrected chi connectivity index (χ1v) is 23.3. The number of unbranched alkanes of at least 4 members (excludes halogenated alkanes) is 16. The SMILES string of the molecule is CC/C=C\C/C=C\C/C=C\CCCCCCOCC(COC1OC(CO)C(O)C(OS(=O)(=O)O)C1O)OC(=O)CCCCCCC/C=C\CCCCCCCCC. The summed E-state index contributed by atoms with van der Waals surface area (Å²) in [5.74, 6) is -0.418. The van der Waals surface area contributed by atoms with Crippen LogP contribution in [0.5, 0.6) is 0 Å². The molecule has 1 saturated heterocycles. The van der Waals surface area contributed by atoms with Gasteiger partial charge in [-0.3, -0.25) is 9.35 Å². The molecule has 0 saturated carbocycles. The van der Waals surface area contributed by atoms with Crippen LogP contribution < -0.4 is 0 Å². The van der Waals surface area contributed by atoms with Crippen molar-refractivity contribution in [1.29, 1.82) is 0 Å². The third-order valence-electron chi connectivity index (χ3n) is 9.68. The van der Waals surface area contributed by atoms with Crippen LogP contribution in [0.2, 0.25) is 0 Å². The van der Waals surface area contributed by atoms with Crippen LogP contribution in [0.4, 0.5) is 0 Å². The molecule has 0 aromatic rings. The first-order chi connectivity index (χ1) is 27.6. The quantitative estimate of drug-likeness (QED) is 0.0203. The molecule has 1 aliphatic rings. The maximum absolute atomic E-state index is 12.8. The van der Waals surface area contributed by atoms with Crippen molar-refractivity contribution in [2.24, 2.45) is 0 Å². The average Bonchev–Trinajstić information content (AvgIpc) is 3.18. The van der Waals surface area contributed by atoms with Crippen molar-refractivity contribution in [1.82, 2.24) is 0 Å². The van der Waals surface area contributed by atoms with E-state index in [1.807, 2.05) is 0 Å². The van der Waals surface area contributed by atoms with Gasteiger partial charge in [0, 0.05) is 13.0 Å². The van der Waals surface area contributed by atoms with Gasteiger partial charge in [-0.05, 0) is 70.6 Å². The number of rotatable bonds is 37. The zero-order valence-corrected chi connectivity index (χ0v) is 36.0. The lowest BCUT2D eigenvalue weighted by Gasteiger charge is -2.41. The van der Waals surface area contributed by atoms with E-state index in [9.17, 15) is 28.5 Å². The van der Waals surface area contributed by atoms with Gasteiger partial charge in [0.15, 0.2) is 6.29 Å². The molecule has 0 aromatic carbocycles. The van der Waals surface area contributed by atoms with Crippen LogP contribution in [0, 0.1) is 0 Å². The lowest BCUT2D eigenvalue weighted by atomic mass is 9.99. The second-order valence-electron chi connectivity index (χ2n) is 14.9. The van der Waals surface area contributed by atoms with Crippen LogP contribution in [0.15, 0.2) is 48.6 Å². The third-order valence-corrected chi connectivity index (χ3v) is 10.2. The number of aliphatic hydroxyl groups is 3. The summed E-state index contributed by atoms with van der Waals surface area (Å²) in [6.07, 6.45) is 32.9. The average molecular weight is 831 g/mol. The maximum atomic E-state index is 12.8. The van der Waals surface area contributed by atoms with Gasteiger partial charge < -0.3 is 34.3 Å². The smallest absolute Gasteiger partial charge is 0.397 e. The molecule has 6 atom stereocenters. The third kappa shape index (κ3) is 29.8. The first-order valence-electron chi connectivity index (χ1n) is 21.9. The Morgan fingerprint density at radius 3 is 1.79 bits per heavy atom. The zero-order chi connectivity index (χ0) is 41.8. The Hall–Kier alpha value is -1.94. The van der Waals surface area contributed by atoms with Gasteiger partial charge in [0.05, 0.1) is 19.8 Å². The van der Waals surface area contributed by atoms with Crippen molar-refractivity contribution in [3.8, 4) is 0 Å². The van der Waals surface area contributed by atoms with E-state index in [2.05, 4.69) is 66.6 Å². The second kappa shape index (κ2) is 36.0. The number of hydrogen-bond donors (Lipinski definition) is 4. The summed E-state index contributed by atoms with van der Waals surface area (Å²) < 4.78 is 58.9. The summed E-state index contributed by atoms with van der Waals surface area (Å²) in [6.45, 7) is 3.80. The summed E-state index contributed by atoms with van der Waals surface area (Å²) >= 11 is 0. The van der Waals surface area contributed by atoms with E-state index in [0.29, 0.717) is 13.0 Å². The maximum Gasteiger partial charge on any atom is 0.397 e. The van der Waals surface area contributed by atoms with Gasteiger partial charge in [-0.25, -0.2) is 4.18 Å². The fraction of sp³-hybridized carbons (Fsp3) is 0.795. The number of esters is 1. The molecule has 0 amide bonds. The second-order valence-corrected chi connectivity index (χ2v) is 15.9. The van der Waals surface area contributed by atoms with Crippen LogP contribution in [0.1, 0.15) is 162 Å². The molecule has 0 aliphatic carbocycles. The van der Waals surface area contributed by atoms with Crippen molar-refractivity contribution >= 4 is 16.4 Å². The number of ether oxygens (including phenoxy) is 4. The van der Waals surface area contributed by atoms with Crippen molar-refractivity contribution in [3.05, 3.63) is 48.6 Å². The normalized spacial score (nSPS) is 21.1. The van der Waals surface area contributed by atoms with Gasteiger partial charge >= 0.3 is 16.4 Å². The molecule has 332 valence electrons. The molecule has 0 spiro atoms. The summed E-state index contributed by atoms with van der Waals surface area (Å²) in [5.41, 5.74) is 0. The highest BCUT2D eigenvalue weighted by molar-refractivity contribution is 7.80. The van der Waals surface area contributed by atoms with Crippen molar-refractivity contribution in [2.45, 2.75) is 198 Å². The molecular formula is C44H78O12S. The number of allylic oxidation sites excluding steroid dienone is 8. The topological polar surface area (TPSA) is 178 Å². The summed E-state index contributed by atoms with van der Waals surface area (Å²) in [7, 11) is -5.06. The molecular weight excluding hydrogens is 753 g/mol. The molecule has 1 aliphatic heterocycles. The molecule has 4 N–H and O–H groups in total. The Morgan fingerprint density at radius 2 is 1.21 bits per heavy atom.